The predicted molar refractivity (Wildman–Crippen MR) is 98.2 cm³/mol. The molecule has 0 aliphatic carbocycles. The summed E-state index contributed by atoms with van der Waals surface area (Å²) >= 11 is 11.9. The van der Waals surface area contributed by atoms with E-state index in [-0.39, 0.29) is 16.8 Å². The van der Waals surface area contributed by atoms with Crippen LogP contribution in [0.4, 0.5) is 0 Å². The first-order valence-electron chi connectivity index (χ1n) is 7.35. The number of rotatable bonds is 6. The standard InChI is InChI=1S/C18H20Cl2N2O/c1-22(2)16(8-13-6-4-3-5-7-13)12-21-11-14-9-15(19)10-17(20)18(14)23/h3-7,9-11,16,23H,8,12H2,1-2H3/t16-/m1/s1. The molecule has 23 heavy (non-hydrogen) atoms. The molecule has 0 aromatic heterocycles. The summed E-state index contributed by atoms with van der Waals surface area (Å²) in [4.78, 5) is 6.61. The van der Waals surface area contributed by atoms with Crippen LogP contribution in [0.1, 0.15) is 11.1 Å². The number of likely N-dealkylation sites (N-methyl/N-ethyl adjacent to an activating group) is 1. The fourth-order valence-corrected chi connectivity index (χ4v) is 2.76. The zero-order chi connectivity index (χ0) is 16.8. The van der Waals surface area contributed by atoms with Gasteiger partial charge in [-0.15, -0.1) is 0 Å². The van der Waals surface area contributed by atoms with Crippen molar-refractivity contribution in [2.75, 3.05) is 20.6 Å². The molecule has 0 fully saturated rings. The van der Waals surface area contributed by atoms with Gasteiger partial charge in [-0.2, -0.15) is 0 Å². The van der Waals surface area contributed by atoms with Crippen molar-refractivity contribution in [3.8, 4) is 5.75 Å². The van der Waals surface area contributed by atoms with Gasteiger partial charge in [0.15, 0.2) is 0 Å². The largest absolute Gasteiger partial charge is 0.506 e. The third-order valence-electron chi connectivity index (χ3n) is 3.65. The van der Waals surface area contributed by atoms with Crippen molar-refractivity contribution in [3.05, 3.63) is 63.6 Å². The maximum Gasteiger partial charge on any atom is 0.143 e. The Balaban J connectivity index is 2.07. The Hall–Kier alpha value is -1.55. The van der Waals surface area contributed by atoms with Crippen LogP contribution in [0.3, 0.4) is 0 Å². The van der Waals surface area contributed by atoms with E-state index in [0.29, 0.717) is 17.1 Å². The highest BCUT2D eigenvalue weighted by molar-refractivity contribution is 6.36. The van der Waals surface area contributed by atoms with Crippen molar-refractivity contribution in [1.82, 2.24) is 4.90 Å². The molecule has 0 radical (unpaired) electrons. The highest BCUT2D eigenvalue weighted by Crippen LogP contribution is 2.30. The van der Waals surface area contributed by atoms with E-state index in [1.165, 1.54) is 11.6 Å². The number of hydrogen-bond donors (Lipinski definition) is 1. The van der Waals surface area contributed by atoms with Crippen molar-refractivity contribution < 1.29 is 5.11 Å². The molecule has 3 nitrogen and oxygen atoms in total. The lowest BCUT2D eigenvalue weighted by Gasteiger charge is -2.22. The molecule has 0 spiro atoms. The molecule has 5 heteroatoms. The van der Waals surface area contributed by atoms with Crippen LogP contribution in [0.5, 0.6) is 5.75 Å². The average Bonchev–Trinajstić information content (AvgIpc) is 2.51. The lowest BCUT2D eigenvalue weighted by Crippen LogP contribution is -2.32. The van der Waals surface area contributed by atoms with Crippen LogP contribution in [-0.2, 0) is 6.42 Å². The van der Waals surface area contributed by atoms with Crippen LogP contribution in [-0.4, -0.2) is 42.9 Å². The maximum atomic E-state index is 9.94. The Kier molecular flexibility index (Phi) is 6.46. The Bertz CT molecular complexity index is 672. The van der Waals surface area contributed by atoms with Gasteiger partial charge < -0.3 is 10.0 Å². The second-order valence-corrected chi connectivity index (χ2v) is 6.47. The van der Waals surface area contributed by atoms with Gasteiger partial charge in [-0.25, -0.2) is 0 Å². The van der Waals surface area contributed by atoms with E-state index >= 15 is 0 Å². The molecule has 1 N–H and O–H groups in total. The van der Waals surface area contributed by atoms with Gasteiger partial charge in [0.05, 0.1) is 11.6 Å². The summed E-state index contributed by atoms with van der Waals surface area (Å²) < 4.78 is 0. The zero-order valence-corrected chi connectivity index (χ0v) is 14.7. The van der Waals surface area contributed by atoms with Crippen LogP contribution in [0.15, 0.2) is 47.5 Å². The van der Waals surface area contributed by atoms with Gasteiger partial charge in [0, 0.05) is 22.8 Å². The zero-order valence-electron chi connectivity index (χ0n) is 13.2. The summed E-state index contributed by atoms with van der Waals surface area (Å²) in [7, 11) is 4.08. The van der Waals surface area contributed by atoms with E-state index < -0.39 is 0 Å². The molecule has 122 valence electrons. The summed E-state index contributed by atoms with van der Waals surface area (Å²) in [6.07, 6.45) is 2.53. The van der Waals surface area contributed by atoms with Gasteiger partial charge in [-0.1, -0.05) is 53.5 Å². The van der Waals surface area contributed by atoms with Crippen molar-refractivity contribution in [3.63, 3.8) is 0 Å². The van der Waals surface area contributed by atoms with E-state index in [4.69, 9.17) is 23.2 Å². The maximum absolute atomic E-state index is 9.94. The topological polar surface area (TPSA) is 35.8 Å². The highest BCUT2D eigenvalue weighted by atomic mass is 35.5. The monoisotopic (exact) mass is 350 g/mol. The van der Waals surface area contributed by atoms with Gasteiger partial charge in [0.2, 0.25) is 0 Å². The molecule has 2 rings (SSSR count). The minimum Gasteiger partial charge on any atom is -0.506 e. The third-order valence-corrected chi connectivity index (χ3v) is 4.15. The van der Waals surface area contributed by atoms with Crippen LogP contribution in [0.25, 0.3) is 0 Å². The molecular weight excluding hydrogens is 331 g/mol. The molecule has 0 amide bonds. The molecule has 0 unspecified atom stereocenters. The molecular formula is C18H20Cl2N2O. The summed E-state index contributed by atoms with van der Waals surface area (Å²) in [5, 5.41) is 10.6. The number of phenolic OH excluding ortho intramolecular Hbond substituents is 1. The number of phenols is 1. The van der Waals surface area contributed by atoms with Crippen LogP contribution < -0.4 is 0 Å². The van der Waals surface area contributed by atoms with E-state index in [9.17, 15) is 5.11 Å². The van der Waals surface area contributed by atoms with Gasteiger partial charge >= 0.3 is 0 Å². The Labute approximate surface area is 147 Å². The lowest BCUT2D eigenvalue weighted by molar-refractivity contribution is 0.298. The van der Waals surface area contributed by atoms with Gasteiger partial charge in [0.25, 0.3) is 0 Å². The van der Waals surface area contributed by atoms with Crippen molar-refractivity contribution in [2.24, 2.45) is 4.99 Å². The Morgan fingerprint density at radius 1 is 1.17 bits per heavy atom. The molecule has 0 aliphatic heterocycles. The number of halogens is 2. The minimum absolute atomic E-state index is 0.00396. The van der Waals surface area contributed by atoms with E-state index in [2.05, 4.69) is 22.0 Å². The minimum atomic E-state index is 0.00396. The average molecular weight is 351 g/mol. The summed E-state index contributed by atoms with van der Waals surface area (Å²) in [5.41, 5.74) is 1.80. The normalized spacial score (nSPS) is 12.9. The van der Waals surface area contributed by atoms with Gasteiger partial charge in [0.1, 0.15) is 5.75 Å². The SMILES string of the molecule is CN(C)[C@@H](CN=Cc1cc(Cl)cc(Cl)c1O)Cc1ccccc1. The second kappa shape index (κ2) is 8.34. The first-order chi connectivity index (χ1) is 11.0. The molecule has 0 saturated heterocycles. The van der Waals surface area contributed by atoms with Crippen LogP contribution in [0, 0.1) is 0 Å². The van der Waals surface area contributed by atoms with Crippen LogP contribution in [0.2, 0.25) is 10.0 Å². The van der Waals surface area contributed by atoms with Crippen LogP contribution >= 0.6 is 23.2 Å². The first kappa shape index (κ1) is 17.8. The predicted octanol–water partition coefficient (Wildman–Crippen LogP) is 4.29. The Morgan fingerprint density at radius 2 is 1.87 bits per heavy atom. The van der Waals surface area contributed by atoms with E-state index in [1.807, 2.05) is 32.3 Å². The fraction of sp³-hybridized carbons (Fsp3) is 0.278. The molecule has 2 aromatic rings. The van der Waals surface area contributed by atoms with E-state index in [1.54, 1.807) is 12.3 Å². The number of aliphatic imine (C=N–C) groups is 1. The van der Waals surface area contributed by atoms with Gasteiger partial charge in [-0.05, 0) is 38.2 Å². The quantitative estimate of drug-likeness (QED) is 0.788. The van der Waals surface area contributed by atoms with Crippen molar-refractivity contribution in [1.29, 1.82) is 0 Å². The number of benzene rings is 2. The highest BCUT2D eigenvalue weighted by Gasteiger charge is 2.12. The molecule has 0 aliphatic rings. The molecule has 0 heterocycles. The molecule has 0 bridgehead atoms. The number of hydrogen-bond acceptors (Lipinski definition) is 3. The number of aromatic hydroxyl groups is 1. The molecule has 1 atom stereocenters. The van der Waals surface area contributed by atoms with Gasteiger partial charge in [-0.3, -0.25) is 4.99 Å². The first-order valence-corrected chi connectivity index (χ1v) is 8.11. The molecule has 0 saturated carbocycles. The van der Waals surface area contributed by atoms with E-state index in [0.717, 1.165) is 6.42 Å². The summed E-state index contributed by atoms with van der Waals surface area (Å²) in [5.74, 6) is 0.00396. The lowest BCUT2D eigenvalue weighted by atomic mass is 10.1. The summed E-state index contributed by atoms with van der Waals surface area (Å²) in [6, 6.07) is 13.7. The third kappa shape index (κ3) is 5.24. The Morgan fingerprint density at radius 3 is 2.52 bits per heavy atom. The fourth-order valence-electron chi connectivity index (χ4n) is 2.25. The number of nitrogens with zero attached hydrogens (tertiary/aromatic N) is 2. The second-order valence-electron chi connectivity index (χ2n) is 5.63. The van der Waals surface area contributed by atoms with Crippen molar-refractivity contribution in [2.45, 2.75) is 12.5 Å². The van der Waals surface area contributed by atoms with Crippen molar-refractivity contribution >= 4 is 29.4 Å². The molecule has 2 aromatic carbocycles. The summed E-state index contributed by atoms with van der Waals surface area (Å²) in [6.45, 7) is 0.617. The smallest absolute Gasteiger partial charge is 0.143 e.